The number of hydrogen-bond donors (Lipinski definition) is 1. The maximum absolute atomic E-state index is 10.8. The summed E-state index contributed by atoms with van der Waals surface area (Å²) < 4.78 is 4.41. The van der Waals surface area contributed by atoms with Crippen molar-refractivity contribution in [2.75, 3.05) is 7.11 Å². The molecule has 4 heteroatoms. The molecule has 0 spiro atoms. The van der Waals surface area contributed by atoms with E-state index in [1.807, 2.05) is 0 Å². The second-order valence-corrected chi connectivity index (χ2v) is 2.79. The molecule has 0 amide bonds. The minimum Gasteiger partial charge on any atom is -0.478 e. The Bertz CT molecular complexity index is 407. The molecule has 0 aliphatic carbocycles. The molecule has 0 radical (unpaired) electrons. The second kappa shape index (κ2) is 4.95. The molecule has 15 heavy (non-hydrogen) atoms. The number of rotatable bonds is 3. The molecule has 0 aromatic heterocycles. The number of carboxylic acids is 1. The van der Waals surface area contributed by atoms with E-state index in [1.54, 1.807) is 12.1 Å². The summed E-state index contributed by atoms with van der Waals surface area (Å²) >= 11 is 0. The zero-order valence-electron chi connectivity index (χ0n) is 8.14. The maximum Gasteiger partial charge on any atom is 0.335 e. The first-order chi connectivity index (χ1) is 7.13. The van der Waals surface area contributed by atoms with Crippen LogP contribution in [-0.4, -0.2) is 24.2 Å². The van der Waals surface area contributed by atoms with Crippen molar-refractivity contribution in [2.45, 2.75) is 0 Å². The average molecular weight is 206 g/mol. The van der Waals surface area contributed by atoms with Crippen molar-refractivity contribution in [3.8, 4) is 0 Å². The second-order valence-electron chi connectivity index (χ2n) is 2.79. The normalized spacial score (nSPS) is 10.2. The lowest BCUT2D eigenvalue weighted by molar-refractivity contribution is -0.134. The fourth-order valence-corrected chi connectivity index (χ4v) is 1.01. The minimum absolute atomic E-state index is 0.182. The van der Waals surface area contributed by atoms with E-state index in [-0.39, 0.29) is 5.56 Å². The van der Waals surface area contributed by atoms with Gasteiger partial charge in [0.25, 0.3) is 0 Å². The molecule has 0 unspecified atom stereocenters. The number of carbonyl (C=O) groups is 2. The molecule has 0 saturated heterocycles. The molecule has 0 atom stereocenters. The maximum atomic E-state index is 10.8. The highest BCUT2D eigenvalue weighted by Crippen LogP contribution is 2.07. The van der Waals surface area contributed by atoms with Gasteiger partial charge in [-0.25, -0.2) is 9.59 Å². The molecule has 78 valence electrons. The summed E-state index contributed by atoms with van der Waals surface area (Å²) in [6.07, 6.45) is 2.74. The molecule has 1 N–H and O–H groups in total. The van der Waals surface area contributed by atoms with Crippen molar-refractivity contribution < 1.29 is 19.4 Å². The largest absolute Gasteiger partial charge is 0.478 e. The molecular formula is C11H10O4. The fourth-order valence-electron chi connectivity index (χ4n) is 1.01. The molecule has 0 bridgehead atoms. The molecule has 0 aliphatic heterocycles. The van der Waals surface area contributed by atoms with E-state index in [4.69, 9.17) is 5.11 Å². The molecule has 0 fully saturated rings. The van der Waals surface area contributed by atoms with Crippen LogP contribution in [-0.2, 0) is 9.53 Å². The van der Waals surface area contributed by atoms with Gasteiger partial charge in [0.2, 0.25) is 0 Å². The first kappa shape index (κ1) is 11.0. The van der Waals surface area contributed by atoms with Gasteiger partial charge in [0.15, 0.2) is 0 Å². The van der Waals surface area contributed by atoms with E-state index in [0.29, 0.717) is 5.56 Å². The summed E-state index contributed by atoms with van der Waals surface area (Å²) in [6, 6.07) is 6.27. The van der Waals surface area contributed by atoms with E-state index in [1.165, 1.54) is 31.4 Å². The zero-order valence-corrected chi connectivity index (χ0v) is 8.14. The van der Waals surface area contributed by atoms with Gasteiger partial charge in [0, 0.05) is 6.08 Å². The Labute approximate surface area is 86.8 Å². The van der Waals surface area contributed by atoms with E-state index in [9.17, 15) is 9.59 Å². The Morgan fingerprint density at radius 1 is 1.40 bits per heavy atom. The standard InChI is InChI=1S/C11H10O4/c1-15-10(12)6-5-8-3-2-4-9(7-8)11(13)14/h2-7H,1H3,(H,13,14)/b6-5-. The van der Waals surface area contributed by atoms with Gasteiger partial charge < -0.3 is 9.84 Å². The van der Waals surface area contributed by atoms with Crippen molar-refractivity contribution >= 4 is 18.0 Å². The number of ether oxygens (including phenoxy) is 1. The third-order valence-corrected chi connectivity index (χ3v) is 1.75. The molecule has 1 rings (SSSR count). The molecular weight excluding hydrogens is 196 g/mol. The molecule has 0 saturated carbocycles. The van der Waals surface area contributed by atoms with Crippen molar-refractivity contribution in [1.82, 2.24) is 0 Å². The first-order valence-corrected chi connectivity index (χ1v) is 4.23. The van der Waals surface area contributed by atoms with Gasteiger partial charge in [-0.2, -0.15) is 0 Å². The van der Waals surface area contributed by atoms with E-state index in [0.717, 1.165) is 0 Å². The number of hydrogen-bond acceptors (Lipinski definition) is 3. The summed E-state index contributed by atoms with van der Waals surface area (Å²) in [4.78, 5) is 21.4. The Morgan fingerprint density at radius 2 is 2.13 bits per heavy atom. The highest BCUT2D eigenvalue weighted by molar-refractivity contribution is 5.90. The van der Waals surface area contributed by atoms with Crippen molar-refractivity contribution in [1.29, 1.82) is 0 Å². The van der Waals surface area contributed by atoms with Gasteiger partial charge in [-0.15, -0.1) is 0 Å². The van der Waals surface area contributed by atoms with Crippen LogP contribution in [0.2, 0.25) is 0 Å². The number of methoxy groups -OCH3 is 1. The van der Waals surface area contributed by atoms with Crippen molar-refractivity contribution in [3.63, 3.8) is 0 Å². The number of aromatic carboxylic acids is 1. The Hall–Kier alpha value is -2.10. The summed E-state index contributed by atoms with van der Waals surface area (Å²) in [5.41, 5.74) is 0.822. The molecule has 4 nitrogen and oxygen atoms in total. The fraction of sp³-hybridized carbons (Fsp3) is 0.0909. The van der Waals surface area contributed by atoms with Gasteiger partial charge in [0.1, 0.15) is 0 Å². The van der Waals surface area contributed by atoms with Gasteiger partial charge in [-0.3, -0.25) is 0 Å². The summed E-state index contributed by atoms with van der Waals surface area (Å²) in [7, 11) is 1.28. The monoisotopic (exact) mass is 206 g/mol. The topological polar surface area (TPSA) is 63.6 Å². The lowest BCUT2D eigenvalue weighted by Gasteiger charge is -1.96. The van der Waals surface area contributed by atoms with Crippen LogP contribution in [0.1, 0.15) is 15.9 Å². The Morgan fingerprint density at radius 3 is 2.73 bits per heavy atom. The SMILES string of the molecule is COC(=O)/C=C\c1cccc(C(=O)O)c1. The third-order valence-electron chi connectivity index (χ3n) is 1.75. The van der Waals surface area contributed by atoms with E-state index >= 15 is 0 Å². The van der Waals surface area contributed by atoms with Crippen LogP contribution >= 0.6 is 0 Å². The first-order valence-electron chi connectivity index (χ1n) is 4.23. The summed E-state index contributed by atoms with van der Waals surface area (Å²) in [6.45, 7) is 0. The third kappa shape index (κ3) is 3.27. The van der Waals surface area contributed by atoms with Crippen LogP contribution in [0.3, 0.4) is 0 Å². The van der Waals surface area contributed by atoms with Crippen molar-refractivity contribution in [3.05, 3.63) is 41.5 Å². The lowest BCUT2D eigenvalue weighted by Crippen LogP contribution is -1.96. The Balaban J connectivity index is 2.87. The van der Waals surface area contributed by atoms with Crippen LogP contribution in [0.25, 0.3) is 6.08 Å². The van der Waals surface area contributed by atoms with Gasteiger partial charge in [-0.05, 0) is 23.8 Å². The van der Waals surface area contributed by atoms with E-state index < -0.39 is 11.9 Å². The van der Waals surface area contributed by atoms with Gasteiger partial charge in [-0.1, -0.05) is 12.1 Å². The number of benzene rings is 1. The lowest BCUT2D eigenvalue weighted by atomic mass is 10.1. The molecule has 1 aromatic rings. The zero-order chi connectivity index (χ0) is 11.3. The average Bonchev–Trinajstić information content (AvgIpc) is 2.26. The van der Waals surface area contributed by atoms with E-state index in [2.05, 4.69) is 4.74 Å². The van der Waals surface area contributed by atoms with Crippen LogP contribution in [0.5, 0.6) is 0 Å². The van der Waals surface area contributed by atoms with Gasteiger partial charge >= 0.3 is 11.9 Å². The minimum atomic E-state index is -0.997. The van der Waals surface area contributed by atoms with Crippen molar-refractivity contribution in [2.24, 2.45) is 0 Å². The van der Waals surface area contributed by atoms with Crippen LogP contribution in [0.15, 0.2) is 30.3 Å². The Kier molecular flexibility index (Phi) is 3.62. The summed E-state index contributed by atoms with van der Waals surface area (Å²) in [5.74, 6) is -1.47. The number of carboxylic acid groups (broad SMARTS) is 1. The summed E-state index contributed by atoms with van der Waals surface area (Å²) in [5, 5.41) is 8.72. The predicted molar refractivity (Wildman–Crippen MR) is 54.5 cm³/mol. The smallest absolute Gasteiger partial charge is 0.335 e. The van der Waals surface area contributed by atoms with Crippen LogP contribution < -0.4 is 0 Å². The number of carbonyl (C=O) groups excluding carboxylic acids is 1. The predicted octanol–water partition coefficient (Wildman–Crippen LogP) is 1.57. The van der Waals surface area contributed by atoms with Crippen LogP contribution in [0.4, 0.5) is 0 Å². The number of esters is 1. The highest BCUT2D eigenvalue weighted by atomic mass is 16.5. The quantitative estimate of drug-likeness (QED) is 0.602. The van der Waals surface area contributed by atoms with Gasteiger partial charge in [0.05, 0.1) is 12.7 Å². The van der Waals surface area contributed by atoms with Crippen LogP contribution in [0, 0.1) is 0 Å². The highest BCUT2D eigenvalue weighted by Gasteiger charge is 2.01. The molecule has 0 heterocycles. The molecule has 0 aliphatic rings. The molecule has 1 aromatic carbocycles.